The average Bonchev–Trinajstić information content (AvgIpc) is 3.56. The summed E-state index contributed by atoms with van der Waals surface area (Å²) in [7, 11) is 1.00. The Morgan fingerprint density at radius 1 is 1.14 bits per heavy atom. The highest BCUT2D eigenvalue weighted by Crippen LogP contribution is 2.42. The maximum absolute atomic E-state index is 11.4. The number of primary amides is 1. The van der Waals surface area contributed by atoms with Gasteiger partial charge in [-0.1, -0.05) is 56.2 Å². The fourth-order valence-electron chi connectivity index (χ4n) is 7.65. The van der Waals surface area contributed by atoms with Crippen molar-refractivity contribution in [3.05, 3.63) is 70.8 Å². The molecule has 3 aliphatic heterocycles. The molecule has 5 aliphatic rings. The minimum atomic E-state index is -0.419. The molecule has 0 bridgehead atoms. The summed E-state index contributed by atoms with van der Waals surface area (Å²) in [4.78, 5) is 23.9. The molecule has 282 valence electrons. The molecule has 3 amide bonds. The molecule has 2 aromatic carbocycles. The van der Waals surface area contributed by atoms with Crippen molar-refractivity contribution < 1.29 is 29.4 Å². The molecule has 7 rings (SSSR count). The Balaban J connectivity index is 0.000000183. The molecule has 3 fully saturated rings. The largest absolute Gasteiger partial charge is 0.490 e. The third-order valence-corrected chi connectivity index (χ3v) is 11.8. The van der Waals surface area contributed by atoms with Gasteiger partial charge >= 0.3 is 6.03 Å². The SMILES string of the molecule is CO.C[C@H](CS)C/C=C/C[C@@H]1CC[C@H]1C.Cc1ccc2c(c1)CCC[C@@]21CNc2cc(C(N)=O)ccc2OC1.O=C(NO)N1CC2(CCOC2)C1. The molecular formula is C40H60N4O6S. The van der Waals surface area contributed by atoms with E-state index in [0.29, 0.717) is 25.3 Å². The molecule has 6 N–H and O–H groups in total. The molecule has 2 spiro atoms. The highest BCUT2D eigenvalue weighted by molar-refractivity contribution is 7.80. The maximum atomic E-state index is 11.4. The number of benzene rings is 2. The Bertz CT molecular complexity index is 1470. The summed E-state index contributed by atoms with van der Waals surface area (Å²) < 4.78 is 11.4. The molecule has 4 atom stereocenters. The third-order valence-electron chi connectivity index (χ3n) is 11.2. The number of ether oxygens (including phenoxy) is 2. The van der Waals surface area contributed by atoms with E-state index in [0.717, 1.165) is 81.1 Å². The van der Waals surface area contributed by atoms with Crippen LogP contribution in [-0.4, -0.2) is 79.5 Å². The smallest absolute Gasteiger partial charge is 0.341 e. The molecule has 11 heteroatoms. The van der Waals surface area contributed by atoms with Crippen LogP contribution < -0.4 is 21.3 Å². The van der Waals surface area contributed by atoms with Crippen molar-refractivity contribution in [3.8, 4) is 5.75 Å². The average molecular weight is 725 g/mol. The molecule has 2 aliphatic carbocycles. The molecule has 0 unspecified atom stereocenters. The molecule has 2 aromatic rings. The van der Waals surface area contributed by atoms with Crippen LogP contribution in [-0.2, 0) is 16.6 Å². The van der Waals surface area contributed by atoms with Gasteiger partial charge < -0.3 is 30.5 Å². The lowest BCUT2D eigenvalue weighted by molar-refractivity contribution is 0.00832. The van der Waals surface area contributed by atoms with Crippen LogP contribution in [0.2, 0.25) is 0 Å². The van der Waals surface area contributed by atoms with Gasteiger partial charge in [0.25, 0.3) is 0 Å². The zero-order valence-electron chi connectivity index (χ0n) is 31.0. The number of nitrogens with one attached hydrogen (secondary N) is 2. The van der Waals surface area contributed by atoms with E-state index in [4.69, 9.17) is 25.5 Å². The summed E-state index contributed by atoms with van der Waals surface area (Å²) in [5.41, 5.74) is 12.7. The number of aryl methyl sites for hydroxylation is 2. The molecule has 1 saturated carbocycles. The number of aliphatic hydroxyl groups is 1. The number of nitrogens with two attached hydrogens (primary N) is 1. The predicted molar refractivity (Wildman–Crippen MR) is 206 cm³/mol. The van der Waals surface area contributed by atoms with Crippen molar-refractivity contribution in [1.82, 2.24) is 10.4 Å². The van der Waals surface area contributed by atoms with Gasteiger partial charge in [-0.05, 0) is 105 Å². The first-order valence-electron chi connectivity index (χ1n) is 18.4. The molecule has 0 radical (unpaired) electrons. The predicted octanol–water partition coefficient (Wildman–Crippen LogP) is 6.52. The molecule has 51 heavy (non-hydrogen) atoms. The number of hydrogen-bond acceptors (Lipinski definition) is 8. The fourth-order valence-corrected chi connectivity index (χ4v) is 7.80. The number of aliphatic hydroxyl groups excluding tert-OH is 1. The second-order valence-electron chi connectivity index (χ2n) is 15.1. The van der Waals surface area contributed by atoms with E-state index < -0.39 is 11.9 Å². The number of carbonyl (C=O) groups excluding carboxylic acids is 2. The van der Waals surface area contributed by atoms with Crippen molar-refractivity contribution >= 4 is 30.3 Å². The van der Waals surface area contributed by atoms with E-state index in [2.05, 4.69) is 69.1 Å². The number of nitrogens with zero attached hydrogens (tertiary/aromatic N) is 1. The Kier molecular flexibility index (Phi) is 15.1. The number of amides is 3. The summed E-state index contributed by atoms with van der Waals surface area (Å²) in [6.07, 6.45) is 14.6. The first-order chi connectivity index (χ1) is 24.6. The highest BCUT2D eigenvalue weighted by Gasteiger charge is 2.47. The number of carbonyl (C=O) groups is 2. The van der Waals surface area contributed by atoms with Crippen LogP contribution in [0, 0.1) is 30.1 Å². The van der Waals surface area contributed by atoms with Gasteiger partial charge in [0.15, 0.2) is 0 Å². The quantitative estimate of drug-likeness (QED) is 0.0861. The normalized spacial score (nSPS) is 24.2. The second kappa shape index (κ2) is 19.0. The van der Waals surface area contributed by atoms with Crippen molar-refractivity contribution in [2.75, 3.05) is 57.6 Å². The Morgan fingerprint density at radius 2 is 1.92 bits per heavy atom. The lowest BCUT2D eigenvalue weighted by Gasteiger charge is -2.46. The summed E-state index contributed by atoms with van der Waals surface area (Å²) in [6, 6.07) is 11.7. The second-order valence-corrected chi connectivity index (χ2v) is 15.5. The summed E-state index contributed by atoms with van der Waals surface area (Å²) in [5, 5.41) is 18.8. The van der Waals surface area contributed by atoms with E-state index in [1.807, 2.05) is 6.07 Å². The number of likely N-dealkylation sites (tertiary alicyclic amines) is 1. The zero-order chi connectivity index (χ0) is 37.0. The Labute approximate surface area is 309 Å². The van der Waals surface area contributed by atoms with E-state index in [9.17, 15) is 9.59 Å². The van der Waals surface area contributed by atoms with Gasteiger partial charge in [-0.25, -0.2) is 10.3 Å². The van der Waals surface area contributed by atoms with Crippen molar-refractivity contribution in [3.63, 3.8) is 0 Å². The number of hydroxylamine groups is 1. The van der Waals surface area contributed by atoms with Crippen LogP contribution in [0.15, 0.2) is 48.6 Å². The number of thiol groups is 1. The monoisotopic (exact) mass is 724 g/mol. The van der Waals surface area contributed by atoms with Crippen LogP contribution in [0.25, 0.3) is 0 Å². The van der Waals surface area contributed by atoms with E-state index in [1.54, 1.807) is 22.5 Å². The standard InChI is InChI=1S/C20H22N2O2.C12H22S.C7H12N2O3.CH4O/c1-13-4-6-16-14(9-13)3-2-8-20(16)11-22-17-10-15(19(21)23)5-7-18(17)24-12-20;1-10(9-13)5-3-4-6-12-8-7-11(12)2;10-6(8-11)9-3-7(4-9)1-2-12-5-7;1-2/h4-7,9-10,22H,2-3,8,11-12H2,1H3,(H2,21,23);3-4,10-13H,5-9H2,1-2H3;11H,1-5H2,(H,8,10);2H,1H3/b;4-3+;;/t20-;10-,11+,12+;;/m00../s1. The number of rotatable bonds is 6. The van der Waals surface area contributed by atoms with Crippen LogP contribution in [0.5, 0.6) is 5.75 Å². The number of anilines is 1. The zero-order valence-corrected chi connectivity index (χ0v) is 31.9. The summed E-state index contributed by atoms with van der Waals surface area (Å²) in [6.45, 7) is 11.2. The van der Waals surface area contributed by atoms with Crippen molar-refractivity contribution in [2.45, 2.75) is 77.6 Å². The first kappa shape index (κ1) is 40.5. The summed E-state index contributed by atoms with van der Waals surface area (Å²) in [5.74, 6) is 4.07. The Hall–Kier alpha value is -3.25. The molecular weight excluding hydrogens is 665 g/mol. The Morgan fingerprint density at radius 3 is 2.55 bits per heavy atom. The van der Waals surface area contributed by atoms with Gasteiger partial charge in [0.05, 0.1) is 18.9 Å². The third kappa shape index (κ3) is 10.4. The van der Waals surface area contributed by atoms with Gasteiger partial charge in [0.1, 0.15) is 5.75 Å². The van der Waals surface area contributed by atoms with Crippen LogP contribution in [0.1, 0.15) is 85.8 Å². The van der Waals surface area contributed by atoms with Crippen LogP contribution in [0.4, 0.5) is 10.5 Å². The minimum Gasteiger partial charge on any atom is -0.490 e. The molecule has 3 heterocycles. The van der Waals surface area contributed by atoms with Crippen LogP contribution in [0.3, 0.4) is 0 Å². The maximum Gasteiger partial charge on any atom is 0.341 e. The van der Waals surface area contributed by atoms with Gasteiger partial charge in [0, 0.05) is 49.7 Å². The molecule has 10 nitrogen and oxygen atoms in total. The van der Waals surface area contributed by atoms with Gasteiger partial charge in [-0.3, -0.25) is 10.0 Å². The van der Waals surface area contributed by atoms with E-state index in [-0.39, 0.29) is 10.8 Å². The molecule has 2 saturated heterocycles. The number of hydrogen-bond donors (Lipinski definition) is 6. The lowest BCUT2D eigenvalue weighted by atomic mass is 9.70. The van der Waals surface area contributed by atoms with Gasteiger partial charge in [-0.15, -0.1) is 0 Å². The number of fused-ring (bicyclic) bond motifs is 3. The van der Waals surface area contributed by atoms with E-state index in [1.165, 1.54) is 48.8 Å². The van der Waals surface area contributed by atoms with Crippen LogP contribution >= 0.6 is 12.6 Å². The van der Waals surface area contributed by atoms with Gasteiger partial charge in [0.2, 0.25) is 5.91 Å². The summed E-state index contributed by atoms with van der Waals surface area (Å²) >= 11 is 4.27. The lowest BCUT2D eigenvalue weighted by Crippen LogP contribution is -2.60. The number of allylic oxidation sites excluding steroid dienone is 2. The van der Waals surface area contributed by atoms with E-state index >= 15 is 0 Å². The fraction of sp³-hybridized carbons (Fsp3) is 0.600. The van der Waals surface area contributed by atoms with Crippen molar-refractivity contribution in [2.24, 2.45) is 28.9 Å². The van der Waals surface area contributed by atoms with Crippen molar-refractivity contribution in [1.29, 1.82) is 0 Å². The highest BCUT2D eigenvalue weighted by atomic mass is 32.1. The number of urea groups is 1. The van der Waals surface area contributed by atoms with Gasteiger partial charge in [-0.2, -0.15) is 12.6 Å². The topological polar surface area (TPSA) is 146 Å². The first-order valence-corrected chi connectivity index (χ1v) is 19.1. The minimum absolute atomic E-state index is 0.0206. The molecule has 0 aromatic heterocycles.